The van der Waals surface area contributed by atoms with E-state index in [0.717, 1.165) is 16.6 Å². The van der Waals surface area contributed by atoms with Gasteiger partial charge < -0.3 is 25.8 Å². The molecule has 0 bridgehead atoms. The van der Waals surface area contributed by atoms with E-state index in [1.807, 2.05) is 78.2 Å². The average molecular weight is 428 g/mol. The van der Waals surface area contributed by atoms with Crippen molar-refractivity contribution >= 4 is 45.6 Å². The van der Waals surface area contributed by atoms with Gasteiger partial charge in [0.2, 0.25) is 0 Å². The number of aromatic nitrogens is 2. The second-order valence-electron chi connectivity index (χ2n) is 7.23. The smallest absolute Gasteiger partial charge is 0.319 e. The molecule has 32 heavy (non-hydrogen) atoms. The van der Waals surface area contributed by atoms with Crippen LogP contribution in [-0.4, -0.2) is 28.0 Å². The molecule has 2 aromatic carbocycles. The number of amides is 3. The van der Waals surface area contributed by atoms with E-state index < -0.39 is 5.91 Å². The summed E-state index contributed by atoms with van der Waals surface area (Å²) in [5.41, 5.74) is 9.66. The molecule has 0 fully saturated rings. The van der Waals surface area contributed by atoms with Crippen molar-refractivity contribution in [2.75, 3.05) is 16.8 Å². The van der Waals surface area contributed by atoms with Crippen LogP contribution in [0.4, 0.5) is 27.5 Å². The molecule has 162 valence electrons. The van der Waals surface area contributed by atoms with E-state index in [9.17, 15) is 9.59 Å². The highest BCUT2D eigenvalue weighted by atomic mass is 16.2. The molecule has 2 aromatic heterocycles. The Hall–Kier alpha value is -4.33. The van der Waals surface area contributed by atoms with Crippen LogP contribution >= 0.6 is 0 Å². The Balaban J connectivity index is 1.99. The van der Waals surface area contributed by atoms with E-state index >= 15 is 0 Å². The lowest BCUT2D eigenvalue weighted by Crippen LogP contribution is -2.29. The molecule has 0 radical (unpaired) electrons. The number of nitrogens with two attached hydrogens (primary N) is 1. The summed E-state index contributed by atoms with van der Waals surface area (Å²) < 4.78 is 2.03. The largest absolute Gasteiger partial charge is 0.365 e. The first kappa shape index (κ1) is 20.9. The topological polar surface area (TPSA) is 105 Å². The van der Waals surface area contributed by atoms with Crippen LogP contribution in [0.2, 0.25) is 0 Å². The van der Waals surface area contributed by atoms with Crippen LogP contribution in [0.1, 0.15) is 17.3 Å². The minimum Gasteiger partial charge on any atom is -0.365 e. The molecule has 8 nitrogen and oxygen atoms in total. The molecule has 0 saturated heterocycles. The minimum absolute atomic E-state index is 0.272. The molecular formula is C24H24N6O2. The van der Waals surface area contributed by atoms with Crippen molar-refractivity contribution in [3.63, 3.8) is 0 Å². The first-order chi connectivity index (χ1) is 15.5. The monoisotopic (exact) mass is 428 g/mol. The Kier molecular flexibility index (Phi) is 5.76. The number of nitrogens with one attached hydrogen (secondary N) is 2. The van der Waals surface area contributed by atoms with Crippen LogP contribution in [0, 0.1) is 0 Å². The number of urea groups is 1. The Morgan fingerprint density at radius 3 is 2.59 bits per heavy atom. The summed E-state index contributed by atoms with van der Waals surface area (Å²) in [7, 11) is 1.97. The fraction of sp³-hybridized carbons (Fsp3) is 0.125. The third-order valence-electron chi connectivity index (χ3n) is 5.18. The lowest BCUT2D eigenvalue weighted by Gasteiger charge is -2.29. The Bertz CT molecular complexity index is 1300. The van der Waals surface area contributed by atoms with Crippen molar-refractivity contribution in [3.05, 3.63) is 78.8 Å². The SMILES string of the molecule is CCNC(=O)Nc1ccccc1N(c1ccncc1C(N)=O)c1cccc2c1ccn2C. The highest BCUT2D eigenvalue weighted by molar-refractivity contribution is 6.06. The van der Waals surface area contributed by atoms with E-state index in [4.69, 9.17) is 5.73 Å². The number of primary amides is 1. The highest BCUT2D eigenvalue weighted by Crippen LogP contribution is 2.43. The Morgan fingerprint density at radius 2 is 1.81 bits per heavy atom. The molecule has 4 N–H and O–H groups in total. The van der Waals surface area contributed by atoms with Crippen LogP contribution in [-0.2, 0) is 7.05 Å². The number of hydrogen-bond donors (Lipinski definition) is 3. The summed E-state index contributed by atoms with van der Waals surface area (Å²) in [6, 6.07) is 16.8. The molecular weight excluding hydrogens is 404 g/mol. The predicted octanol–water partition coefficient (Wildman–Crippen LogP) is 4.28. The van der Waals surface area contributed by atoms with E-state index in [1.54, 1.807) is 12.3 Å². The highest BCUT2D eigenvalue weighted by Gasteiger charge is 2.23. The summed E-state index contributed by atoms with van der Waals surface area (Å²) in [4.78, 5) is 30.6. The lowest BCUT2D eigenvalue weighted by atomic mass is 10.1. The summed E-state index contributed by atoms with van der Waals surface area (Å²) >= 11 is 0. The standard InChI is InChI=1S/C24H24N6O2/c1-3-27-24(32)28-18-7-4-5-8-22(18)30(21-11-13-26-15-17(21)23(25)31)20-10-6-9-19-16(20)12-14-29(19)2/h4-15H,3H2,1-2H3,(H2,25,31)(H2,27,28,32). The van der Waals surface area contributed by atoms with Gasteiger partial charge in [-0.05, 0) is 43.3 Å². The number of benzene rings is 2. The Morgan fingerprint density at radius 1 is 1.03 bits per heavy atom. The lowest BCUT2D eigenvalue weighted by molar-refractivity contribution is 0.100. The van der Waals surface area contributed by atoms with Crippen LogP contribution in [0.3, 0.4) is 0 Å². The maximum Gasteiger partial charge on any atom is 0.319 e. The maximum atomic E-state index is 12.3. The predicted molar refractivity (Wildman–Crippen MR) is 127 cm³/mol. The molecule has 0 aliphatic carbocycles. The first-order valence-electron chi connectivity index (χ1n) is 10.2. The molecule has 0 saturated carbocycles. The van der Waals surface area contributed by atoms with Gasteiger partial charge >= 0.3 is 6.03 Å². The van der Waals surface area contributed by atoms with Crippen molar-refractivity contribution in [2.45, 2.75) is 6.92 Å². The number of carbonyl (C=O) groups excluding carboxylic acids is 2. The summed E-state index contributed by atoms with van der Waals surface area (Å²) in [6.07, 6.45) is 5.04. The number of nitrogens with zero attached hydrogens (tertiary/aromatic N) is 3. The molecule has 0 aliphatic heterocycles. The normalized spacial score (nSPS) is 10.7. The zero-order chi connectivity index (χ0) is 22.7. The number of fused-ring (bicyclic) bond motifs is 1. The van der Waals surface area contributed by atoms with Crippen molar-refractivity contribution < 1.29 is 9.59 Å². The molecule has 0 spiro atoms. The van der Waals surface area contributed by atoms with Gasteiger partial charge in [0.15, 0.2) is 0 Å². The number of aryl methyl sites for hydroxylation is 1. The zero-order valence-electron chi connectivity index (χ0n) is 17.9. The molecule has 4 rings (SSSR count). The van der Waals surface area contributed by atoms with Crippen molar-refractivity contribution in [1.29, 1.82) is 0 Å². The minimum atomic E-state index is -0.590. The Labute approximate surface area is 185 Å². The number of hydrogen-bond acceptors (Lipinski definition) is 4. The third kappa shape index (κ3) is 3.85. The van der Waals surface area contributed by atoms with Crippen LogP contribution in [0.5, 0.6) is 0 Å². The van der Waals surface area contributed by atoms with E-state index in [0.29, 0.717) is 23.6 Å². The van der Waals surface area contributed by atoms with Crippen molar-refractivity contribution in [2.24, 2.45) is 12.8 Å². The number of anilines is 4. The third-order valence-corrected chi connectivity index (χ3v) is 5.18. The molecule has 0 aliphatic rings. The molecule has 0 unspecified atom stereocenters. The van der Waals surface area contributed by atoms with Crippen LogP contribution < -0.4 is 21.3 Å². The number of para-hydroxylation sites is 2. The van der Waals surface area contributed by atoms with E-state index in [-0.39, 0.29) is 11.6 Å². The average Bonchev–Trinajstić information content (AvgIpc) is 3.17. The molecule has 8 heteroatoms. The van der Waals surface area contributed by atoms with E-state index in [2.05, 4.69) is 15.6 Å². The molecule has 4 aromatic rings. The van der Waals surface area contributed by atoms with Gasteiger partial charge in [0.25, 0.3) is 5.91 Å². The number of rotatable bonds is 6. The van der Waals surface area contributed by atoms with Crippen molar-refractivity contribution in [1.82, 2.24) is 14.9 Å². The first-order valence-corrected chi connectivity index (χ1v) is 10.2. The van der Waals surface area contributed by atoms with Crippen molar-refractivity contribution in [3.8, 4) is 0 Å². The summed E-state index contributed by atoms with van der Waals surface area (Å²) in [5.74, 6) is -0.590. The van der Waals surface area contributed by atoms with E-state index in [1.165, 1.54) is 6.20 Å². The van der Waals surface area contributed by atoms with Gasteiger partial charge in [-0.15, -0.1) is 0 Å². The number of pyridine rings is 1. The van der Waals surface area contributed by atoms with Gasteiger partial charge in [-0.3, -0.25) is 9.78 Å². The van der Waals surface area contributed by atoms with Gasteiger partial charge in [0.05, 0.1) is 28.3 Å². The molecule has 3 amide bonds. The van der Waals surface area contributed by atoms with Crippen LogP contribution in [0.15, 0.2) is 73.2 Å². The fourth-order valence-corrected chi connectivity index (χ4v) is 3.74. The second-order valence-corrected chi connectivity index (χ2v) is 7.23. The maximum absolute atomic E-state index is 12.3. The van der Waals surface area contributed by atoms with Crippen LogP contribution in [0.25, 0.3) is 10.9 Å². The molecule has 0 atom stereocenters. The summed E-state index contributed by atoms with van der Waals surface area (Å²) in [6.45, 7) is 2.35. The second kappa shape index (κ2) is 8.81. The summed E-state index contributed by atoms with van der Waals surface area (Å²) in [5, 5.41) is 6.63. The quantitative estimate of drug-likeness (QED) is 0.426. The molecule has 2 heterocycles. The fourth-order valence-electron chi connectivity index (χ4n) is 3.74. The van der Waals surface area contributed by atoms with Gasteiger partial charge in [-0.2, -0.15) is 0 Å². The van der Waals surface area contributed by atoms with Gasteiger partial charge in [-0.25, -0.2) is 4.79 Å². The zero-order valence-corrected chi connectivity index (χ0v) is 17.9. The van der Waals surface area contributed by atoms with Gasteiger partial charge in [0.1, 0.15) is 0 Å². The van der Waals surface area contributed by atoms with Gasteiger partial charge in [0, 0.05) is 43.1 Å². The van der Waals surface area contributed by atoms with Gasteiger partial charge in [-0.1, -0.05) is 18.2 Å². The number of carbonyl (C=O) groups is 2.